The molecule has 21 heavy (non-hydrogen) atoms. The van der Waals surface area contributed by atoms with E-state index < -0.39 is 0 Å². The van der Waals surface area contributed by atoms with Crippen LogP contribution in [0.2, 0.25) is 0 Å². The molecule has 0 saturated heterocycles. The molecule has 3 rings (SSSR count). The van der Waals surface area contributed by atoms with E-state index in [1.54, 1.807) is 7.11 Å². The highest BCUT2D eigenvalue weighted by atomic mass is 16.5. The first kappa shape index (κ1) is 13.9. The van der Waals surface area contributed by atoms with Crippen molar-refractivity contribution in [2.45, 2.75) is 45.2 Å². The van der Waals surface area contributed by atoms with Crippen LogP contribution in [0.1, 0.15) is 43.4 Å². The lowest BCUT2D eigenvalue weighted by atomic mass is 10.2. The van der Waals surface area contributed by atoms with E-state index in [1.165, 1.54) is 25.7 Å². The standard InChI is InChI=1S/C16H22N4O/c1-12-18-19-16(20(12)14-5-3-4-6-14)11-17-13-7-9-15(21-2)10-8-13/h7-10,14,17H,3-6,11H2,1-2H3. The van der Waals surface area contributed by atoms with E-state index in [0.717, 1.165) is 23.1 Å². The second-order valence-corrected chi connectivity index (χ2v) is 5.55. The summed E-state index contributed by atoms with van der Waals surface area (Å²) in [4.78, 5) is 0. The van der Waals surface area contributed by atoms with Gasteiger partial charge in [-0.15, -0.1) is 10.2 Å². The van der Waals surface area contributed by atoms with Crippen molar-refractivity contribution in [3.05, 3.63) is 35.9 Å². The molecule has 0 radical (unpaired) electrons. The average molecular weight is 286 g/mol. The molecule has 0 unspecified atom stereocenters. The summed E-state index contributed by atoms with van der Waals surface area (Å²) in [7, 11) is 1.68. The minimum atomic E-state index is 0.577. The van der Waals surface area contributed by atoms with E-state index >= 15 is 0 Å². The Morgan fingerprint density at radius 2 is 1.90 bits per heavy atom. The van der Waals surface area contributed by atoms with Gasteiger partial charge in [-0.2, -0.15) is 0 Å². The largest absolute Gasteiger partial charge is 0.497 e. The second kappa shape index (κ2) is 6.16. The van der Waals surface area contributed by atoms with Crippen LogP contribution in [0, 0.1) is 6.92 Å². The molecule has 0 atom stereocenters. The van der Waals surface area contributed by atoms with Crippen LogP contribution in [-0.2, 0) is 6.54 Å². The quantitative estimate of drug-likeness (QED) is 0.916. The summed E-state index contributed by atoms with van der Waals surface area (Å²) in [6.07, 6.45) is 5.12. The number of anilines is 1. The maximum atomic E-state index is 5.17. The second-order valence-electron chi connectivity index (χ2n) is 5.55. The zero-order chi connectivity index (χ0) is 14.7. The Labute approximate surface area is 125 Å². The van der Waals surface area contributed by atoms with Crippen LogP contribution in [0.15, 0.2) is 24.3 Å². The van der Waals surface area contributed by atoms with Gasteiger partial charge in [0.25, 0.3) is 0 Å². The van der Waals surface area contributed by atoms with Gasteiger partial charge in [0.1, 0.15) is 11.6 Å². The first-order valence-corrected chi connectivity index (χ1v) is 7.56. The molecule has 1 aliphatic rings. The van der Waals surface area contributed by atoms with E-state index in [9.17, 15) is 0 Å². The highest BCUT2D eigenvalue weighted by molar-refractivity contribution is 5.46. The predicted molar refractivity (Wildman–Crippen MR) is 82.6 cm³/mol. The lowest BCUT2D eigenvalue weighted by molar-refractivity contribution is 0.415. The Balaban J connectivity index is 1.69. The molecular weight excluding hydrogens is 264 g/mol. The summed E-state index contributed by atoms with van der Waals surface area (Å²) in [6.45, 7) is 2.74. The summed E-state index contributed by atoms with van der Waals surface area (Å²) >= 11 is 0. The molecule has 1 N–H and O–H groups in total. The molecule has 1 aromatic heterocycles. The van der Waals surface area contributed by atoms with Crippen LogP contribution in [0.5, 0.6) is 5.75 Å². The smallest absolute Gasteiger partial charge is 0.152 e. The summed E-state index contributed by atoms with van der Waals surface area (Å²) in [6, 6.07) is 8.52. The molecule has 1 saturated carbocycles. The van der Waals surface area contributed by atoms with Gasteiger partial charge in [-0.25, -0.2) is 0 Å². The first-order valence-electron chi connectivity index (χ1n) is 7.56. The van der Waals surface area contributed by atoms with Gasteiger partial charge >= 0.3 is 0 Å². The highest BCUT2D eigenvalue weighted by Gasteiger charge is 2.21. The third kappa shape index (κ3) is 3.01. The maximum Gasteiger partial charge on any atom is 0.152 e. The fraction of sp³-hybridized carbons (Fsp3) is 0.500. The zero-order valence-corrected chi connectivity index (χ0v) is 12.7. The number of methoxy groups -OCH3 is 1. The van der Waals surface area contributed by atoms with Crippen LogP contribution >= 0.6 is 0 Å². The van der Waals surface area contributed by atoms with Gasteiger partial charge in [0.2, 0.25) is 0 Å². The molecule has 5 nitrogen and oxygen atoms in total. The summed E-state index contributed by atoms with van der Waals surface area (Å²) in [5.74, 6) is 2.91. The van der Waals surface area contributed by atoms with Gasteiger partial charge in [0.15, 0.2) is 5.82 Å². The van der Waals surface area contributed by atoms with Crippen molar-refractivity contribution in [1.82, 2.24) is 14.8 Å². The zero-order valence-electron chi connectivity index (χ0n) is 12.7. The van der Waals surface area contributed by atoms with E-state index in [4.69, 9.17) is 4.74 Å². The fourth-order valence-electron chi connectivity index (χ4n) is 3.06. The van der Waals surface area contributed by atoms with E-state index in [-0.39, 0.29) is 0 Å². The van der Waals surface area contributed by atoms with Gasteiger partial charge in [0, 0.05) is 11.7 Å². The van der Waals surface area contributed by atoms with Crippen molar-refractivity contribution in [2.24, 2.45) is 0 Å². The molecule has 1 fully saturated rings. The lowest BCUT2D eigenvalue weighted by Crippen LogP contribution is -2.14. The average Bonchev–Trinajstić information content (AvgIpc) is 3.15. The number of hydrogen-bond acceptors (Lipinski definition) is 4. The van der Waals surface area contributed by atoms with E-state index in [1.807, 2.05) is 31.2 Å². The monoisotopic (exact) mass is 286 g/mol. The third-order valence-electron chi connectivity index (χ3n) is 4.17. The molecule has 0 aliphatic heterocycles. The van der Waals surface area contributed by atoms with Crippen LogP contribution in [0.3, 0.4) is 0 Å². The molecule has 1 aliphatic carbocycles. The molecule has 5 heteroatoms. The molecule has 1 aromatic carbocycles. The number of ether oxygens (including phenoxy) is 1. The topological polar surface area (TPSA) is 52.0 Å². The van der Waals surface area contributed by atoms with Crippen LogP contribution in [-0.4, -0.2) is 21.9 Å². The van der Waals surface area contributed by atoms with E-state index in [2.05, 4.69) is 20.1 Å². The van der Waals surface area contributed by atoms with Gasteiger partial charge in [-0.3, -0.25) is 0 Å². The normalized spacial score (nSPS) is 15.3. The Morgan fingerprint density at radius 3 is 2.57 bits per heavy atom. The Hall–Kier alpha value is -2.04. The van der Waals surface area contributed by atoms with Crippen molar-refractivity contribution >= 4 is 5.69 Å². The minimum absolute atomic E-state index is 0.577. The highest BCUT2D eigenvalue weighted by Crippen LogP contribution is 2.31. The third-order valence-corrected chi connectivity index (χ3v) is 4.17. The van der Waals surface area contributed by atoms with E-state index in [0.29, 0.717) is 12.6 Å². The molecule has 112 valence electrons. The number of nitrogens with zero attached hydrogens (tertiary/aromatic N) is 3. The Kier molecular flexibility index (Phi) is 4.08. The number of aryl methyl sites for hydroxylation is 1. The summed E-state index contributed by atoms with van der Waals surface area (Å²) < 4.78 is 7.48. The van der Waals surface area contributed by atoms with Crippen molar-refractivity contribution in [1.29, 1.82) is 0 Å². The van der Waals surface area contributed by atoms with Crippen molar-refractivity contribution in [2.75, 3.05) is 12.4 Å². The van der Waals surface area contributed by atoms with Gasteiger partial charge in [-0.05, 0) is 44.0 Å². The molecular formula is C16H22N4O. The van der Waals surface area contributed by atoms with Crippen LogP contribution in [0.4, 0.5) is 5.69 Å². The molecule has 2 aromatic rings. The molecule has 0 bridgehead atoms. The SMILES string of the molecule is COc1ccc(NCc2nnc(C)n2C2CCCC2)cc1. The van der Waals surface area contributed by atoms with Gasteiger partial charge in [0.05, 0.1) is 13.7 Å². The predicted octanol–water partition coefficient (Wildman–Crippen LogP) is 3.32. The number of aromatic nitrogens is 3. The van der Waals surface area contributed by atoms with Crippen molar-refractivity contribution in [3.63, 3.8) is 0 Å². The van der Waals surface area contributed by atoms with Crippen molar-refractivity contribution in [3.8, 4) is 5.75 Å². The fourth-order valence-corrected chi connectivity index (χ4v) is 3.06. The summed E-state index contributed by atoms with van der Waals surface area (Å²) in [5, 5.41) is 12.0. The minimum Gasteiger partial charge on any atom is -0.497 e. The number of rotatable bonds is 5. The molecule has 0 spiro atoms. The number of benzene rings is 1. The Bertz CT molecular complexity index is 585. The summed E-state index contributed by atoms with van der Waals surface area (Å²) in [5.41, 5.74) is 1.06. The van der Waals surface area contributed by atoms with Gasteiger partial charge < -0.3 is 14.6 Å². The van der Waals surface area contributed by atoms with Crippen LogP contribution < -0.4 is 10.1 Å². The first-order chi connectivity index (χ1) is 10.3. The maximum absolute atomic E-state index is 5.17. The Morgan fingerprint density at radius 1 is 1.19 bits per heavy atom. The number of hydrogen-bond donors (Lipinski definition) is 1. The van der Waals surface area contributed by atoms with Crippen molar-refractivity contribution < 1.29 is 4.74 Å². The molecule has 1 heterocycles. The lowest BCUT2D eigenvalue weighted by Gasteiger charge is -2.16. The van der Waals surface area contributed by atoms with Crippen LogP contribution in [0.25, 0.3) is 0 Å². The molecule has 0 amide bonds. The van der Waals surface area contributed by atoms with Gasteiger partial charge in [-0.1, -0.05) is 12.8 Å². The number of nitrogens with one attached hydrogen (secondary N) is 1.